The van der Waals surface area contributed by atoms with Crippen molar-refractivity contribution in [2.24, 2.45) is 0 Å². The summed E-state index contributed by atoms with van der Waals surface area (Å²) in [5, 5.41) is 12.7. The first kappa shape index (κ1) is 10.3. The average molecular weight is 207 g/mol. The number of phenolic OH excluding ortho intramolecular Hbond substituents is 1. The Morgan fingerprint density at radius 2 is 2.33 bits per heavy atom. The van der Waals surface area contributed by atoms with Gasteiger partial charge in [-0.15, -0.1) is 0 Å². The molecule has 0 spiro atoms. The van der Waals surface area contributed by atoms with Crippen LogP contribution >= 0.6 is 0 Å². The Kier molecular flexibility index (Phi) is 2.82. The molecule has 1 saturated heterocycles. The van der Waals surface area contributed by atoms with Gasteiger partial charge in [-0.25, -0.2) is 0 Å². The number of hydrogen-bond donors (Lipinski definition) is 2. The average Bonchev–Trinajstić information content (AvgIpc) is 2.18. The maximum atomic E-state index is 9.33. The molecule has 0 bridgehead atoms. The fourth-order valence-corrected chi connectivity index (χ4v) is 1.95. The molecule has 1 aromatic carbocycles. The van der Waals surface area contributed by atoms with E-state index in [1.54, 1.807) is 18.2 Å². The molecule has 3 heteroatoms. The highest BCUT2D eigenvalue weighted by atomic mass is 16.5. The molecule has 0 aliphatic carbocycles. The highest BCUT2D eigenvalue weighted by Crippen LogP contribution is 2.26. The lowest BCUT2D eigenvalue weighted by atomic mass is 9.96. The largest absolute Gasteiger partial charge is 0.508 e. The topological polar surface area (TPSA) is 41.5 Å². The van der Waals surface area contributed by atoms with Crippen LogP contribution in [0.5, 0.6) is 11.5 Å². The van der Waals surface area contributed by atoms with Gasteiger partial charge in [-0.05, 0) is 38.4 Å². The van der Waals surface area contributed by atoms with Gasteiger partial charge >= 0.3 is 0 Å². The first-order valence-electron chi connectivity index (χ1n) is 5.37. The van der Waals surface area contributed by atoms with Crippen molar-refractivity contribution in [3.8, 4) is 11.5 Å². The summed E-state index contributed by atoms with van der Waals surface area (Å²) in [4.78, 5) is 0. The van der Waals surface area contributed by atoms with Gasteiger partial charge in [0.1, 0.15) is 17.1 Å². The lowest BCUT2D eigenvalue weighted by Gasteiger charge is -2.34. The smallest absolute Gasteiger partial charge is 0.123 e. The van der Waals surface area contributed by atoms with Gasteiger partial charge in [-0.2, -0.15) is 0 Å². The van der Waals surface area contributed by atoms with Crippen molar-refractivity contribution in [2.75, 3.05) is 13.1 Å². The van der Waals surface area contributed by atoms with Gasteiger partial charge < -0.3 is 15.2 Å². The Morgan fingerprint density at radius 3 is 3.00 bits per heavy atom. The van der Waals surface area contributed by atoms with Gasteiger partial charge in [0.15, 0.2) is 0 Å². The Balaban J connectivity index is 2.06. The summed E-state index contributed by atoms with van der Waals surface area (Å²) in [6.45, 7) is 4.03. The number of hydrogen-bond acceptors (Lipinski definition) is 3. The van der Waals surface area contributed by atoms with Crippen LogP contribution in [0.4, 0.5) is 0 Å². The predicted octanol–water partition coefficient (Wildman–Crippen LogP) is 1.91. The van der Waals surface area contributed by atoms with Crippen molar-refractivity contribution in [3.05, 3.63) is 24.3 Å². The SMILES string of the molecule is CC1(Oc2cccc(O)c2)CCCNC1. The van der Waals surface area contributed by atoms with Gasteiger partial charge in [0, 0.05) is 12.6 Å². The molecular formula is C12H17NO2. The molecule has 82 valence electrons. The van der Waals surface area contributed by atoms with Crippen molar-refractivity contribution in [1.82, 2.24) is 5.32 Å². The molecule has 1 aliphatic rings. The lowest BCUT2D eigenvalue weighted by Crippen LogP contribution is -2.47. The molecule has 2 rings (SSSR count). The second-order valence-corrected chi connectivity index (χ2v) is 4.33. The summed E-state index contributed by atoms with van der Waals surface area (Å²) in [5.41, 5.74) is -0.147. The van der Waals surface area contributed by atoms with Gasteiger partial charge in [0.25, 0.3) is 0 Å². The second-order valence-electron chi connectivity index (χ2n) is 4.33. The van der Waals surface area contributed by atoms with Crippen molar-refractivity contribution >= 4 is 0 Å². The van der Waals surface area contributed by atoms with Crippen LogP contribution in [-0.4, -0.2) is 23.8 Å². The molecule has 0 amide bonds. The molecule has 15 heavy (non-hydrogen) atoms. The molecule has 1 unspecified atom stereocenters. The zero-order chi connectivity index (χ0) is 10.7. The fraction of sp³-hybridized carbons (Fsp3) is 0.500. The first-order valence-corrected chi connectivity index (χ1v) is 5.37. The van der Waals surface area contributed by atoms with E-state index in [0.717, 1.165) is 31.7 Å². The van der Waals surface area contributed by atoms with Crippen LogP contribution in [0, 0.1) is 0 Å². The Morgan fingerprint density at radius 1 is 1.47 bits per heavy atom. The Hall–Kier alpha value is -1.22. The third-order valence-electron chi connectivity index (χ3n) is 2.74. The molecule has 1 fully saturated rings. The molecule has 0 aromatic heterocycles. The van der Waals surface area contributed by atoms with Gasteiger partial charge in [-0.3, -0.25) is 0 Å². The quantitative estimate of drug-likeness (QED) is 0.778. The summed E-state index contributed by atoms with van der Waals surface area (Å²) < 4.78 is 5.90. The number of ether oxygens (including phenoxy) is 1. The zero-order valence-electron chi connectivity index (χ0n) is 8.99. The summed E-state index contributed by atoms with van der Waals surface area (Å²) in [5.74, 6) is 0.987. The molecule has 1 heterocycles. The minimum atomic E-state index is -0.147. The van der Waals surface area contributed by atoms with Gasteiger partial charge in [0.05, 0.1) is 0 Å². The fourth-order valence-electron chi connectivity index (χ4n) is 1.95. The van der Waals surface area contributed by atoms with Gasteiger partial charge in [-0.1, -0.05) is 6.07 Å². The number of nitrogens with one attached hydrogen (secondary N) is 1. The van der Waals surface area contributed by atoms with Crippen molar-refractivity contribution < 1.29 is 9.84 Å². The Labute approximate surface area is 90.1 Å². The molecule has 2 N–H and O–H groups in total. The van der Waals surface area contributed by atoms with Crippen LogP contribution in [-0.2, 0) is 0 Å². The first-order chi connectivity index (χ1) is 7.18. The minimum Gasteiger partial charge on any atom is -0.508 e. The number of benzene rings is 1. The summed E-state index contributed by atoms with van der Waals surface area (Å²) >= 11 is 0. The number of phenols is 1. The maximum Gasteiger partial charge on any atom is 0.123 e. The van der Waals surface area contributed by atoms with Crippen LogP contribution in [0.15, 0.2) is 24.3 Å². The molecule has 1 aliphatic heterocycles. The predicted molar refractivity (Wildman–Crippen MR) is 59.2 cm³/mol. The monoisotopic (exact) mass is 207 g/mol. The van der Waals surface area contributed by atoms with Crippen molar-refractivity contribution in [3.63, 3.8) is 0 Å². The molecule has 0 radical (unpaired) electrons. The Bertz CT molecular complexity index is 332. The third kappa shape index (κ3) is 2.63. The van der Waals surface area contributed by atoms with Crippen LogP contribution in [0.1, 0.15) is 19.8 Å². The normalized spacial score (nSPS) is 26.2. The summed E-state index contributed by atoms with van der Waals surface area (Å²) in [6.07, 6.45) is 2.19. The molecule has 0 saturated carbocycles. The third-order valence-corrected chi connectivity index (χ3v) is 2.74. The van der Waals surface area contributed by atoms with Crippen LogP contribution in [0.2, 0.25) is 0 Å². The second kappa shape index (κ2) is 4.11. The van der Waals surface area contributed by atoms with E-state index in [-0.39, 0.29) is 11.4 Å². The minimum absolute atomic E-state index is 0.147. The van der Waals surface area contributed by atoms with Crippen molar-refractivity contribution in [1.29, 1.82) is 0 Å². The lowest BCUT2D eigenvalue weighted by molar-refractivity contribution is 0.0613. The van der Waals surface area contributed by atoms with Crippen molar-refractivity contribution in [2.45, 2.75) is 25.4 Å². The van der Waals surface area contributed by atoms with E-state index >= 15 is 0 Å². The highest BCUT2D eigenvalue weighted by molar-refractivity contribution is 5.32. The molecule has 3 nitrogen and oxygen atoms in total. The van der Waals surface area contributed by atoms with Crippen LogP contribution in [0.25, 0.3) is 0 Å². The van der Waals surface area contributed by atoms with Gasteiger partial charge in [0.2, 0.25) is 0 Å². The molecule has 1 atom stereocenters. The van der Waals surface area contributed by atoms with Crippen LogP contribution < -0.4 is 10.1 Å². The van der Waals surface area contributed by atoms with E-state index in [9.17, 15) is 5.11 Å². The molecular weight excluding hydrogens is 190 g/mol. The zero-order valence-corrected chi connectivity index (χ0v) is 8.99. The van der Waals surface area contributed by atoms with E-state index in [4.69, 9.17) is 4.74 Å². The van der Waals surface area contributed by atoms with E-state index in [0.29, 0.717) is 0 Å². The number of rotatable bonds is 2. The summed E-state index contributed by atoms with van der Waals surface area (Å²) in [6, 6.07) is 6.97. The molecule has 1 aromatic rings. The highest BCUT2D eigenvalue weighted by Gasteiger charge is 2.28. The maximum absolute atomic E-state index is 9.33. The van der Waals surface area contributed by atoms with E-state index in [1.165, 1.54) is 0 Å². The van der Waals surface area contributed by atoms with Crippen LogP contribution in [0.3, 0.4) is 0 Å². The number of piperidine rings is 1. The number of aromatic hydroxyl groups is 1. The summed E-state index contributed by atoms with van der Waals surface area (Å²) in [7, 11) is 0. The van der Waals surface area contributed by atoms with E-state index in [1.807, 2.05) is 6.07 Å². The standard InChI is InChI=1S/C12H17NO2/c1-12(6-3-7-13-9-12)15-11-5-2-4-10(14)8-11/h2,4-5,8,13-14H,3,6-7,9H2,1H3. The van der Waals surface area contributed by atoms with E-state index in [2.05, 4.69) is 12.2 Å². The van der Waals surface area contributed by atoms with E-state index < -0.39 is 0 Å².